The molecule has 25 heavy (non-hydrogen) atoms. The zero-order chi connectivity index (χ0) is 19.1. The summed E-state index contributed by atoms with van der Waals surface area (Å²) in [4.78, 5) is 49.1. The molecule has 10 heteroatoms. The molecule has 1 aliphatic rings. The van der Waals surface area contributed by atoms with Crippen molar-refractivity contribution in [1.29, 1.82) is 0 Å². The van der Waals surface area contributed by atoms with Crippen LogP contribution in [-0.4, -0.2) is 70.7 Å². The lowest BCUT2D eigenvalue weighted by molar-refractivity contribution is -0.145. The summed E-state index contributed by atoms with van der Waals surface area (Å²) in [5.74, 6) is -2.76. The minimum Gasteiger partial charge on any atom is -0.480 e. The molecule has 0 aromatic heterocycles. The summed E-state index contributed by atoms with van der Waals surface area (Å²) in [5.41, 5.74) is 5.23. The number of hydrogen-bond acceptors (Lipinski definition) is 6. The molecule has 142 valence electrons. The lowest BCUT2D eigenvalue weighted by Gasteiger charge is -2.29. The highest BCUT2D eigenvalue weighted by Gasteiger charge is 2.38. The van der Waals surface area contributed by atoms with E-state index < -0.39 is 41.8 Å². The topological polar surface area (TPSA) is 142 Å². The monoisotopic (exact) mass is 374 g/mol. The second kappa shape index (κ2) is 9.62. The highest BCUT2D eigenvalue weighted by Crippen LogP contribution is 2.19. The van der Waals surface area contributed by atoms with Crippen LogP contribution in [0.3, 0.4) is 0 Å². The van der Waals surface area contributed by atoms with Crippen molar-refractivity contribution in [2.75, 3.05) is 18.8 Å². The second-order valence-corrected chi connectivity index (χ2v) is 6.63. The molecule has 0 aromatic rings. The number of rotatable bonds is 8. The Morgan fingerprint density at radius 3 is 2.40 bits per heavy atom. The number of carboxylic acids is 1. The lowest BCUT2D eigenvalue weighted by Crippen LogP contribution is -2.56. The van der Waals surface area contributed by atoms with Crippen molar-refractivity contribution in [3.63, 3.8) is 0 Å². The normalized spacial score (nSPS) is 19.4. The Bertz CT molecular complexity index is 528. The first kappa shape index (κ1) is 21.2. The number of aliphatic carboxylic acids is 1. The third-order valence-electron chi connectivity index (χ3n) is 4.07. The van der Waals surface area contributed by atoms with Crippen molar-refractivity contribution < 1.29 is 24.3 Å². The Balaban J connectivity index is 2.83. The van der Waals surface area contributed by atoms with Gasteiger partial charge < -0.3 is 26.4 Å². The van der Waals surface area contributed by atoms with Gasteiger partial charge in [-0.1, -0.05) is 13.8 Å². The van der Waals surface area contributed by atoms with Crippen LogP contribution in [0.5, 0.6) is 0 Å². The SMILES string of the molecule is CC(C)C(NC(=O)C1CCCN1C(=O)C(CS)NC(=O)CN)C(=O)O. The van der Waals surface area contributed by atoms with Crippen molar-refractivity contribution in [3.8, 4) is 0 Å². The van der Waals surface area contributed by atoms with E-state index in [0.29, 0.717) is 19.4 Å². The van der Waals surface area contributed by atoms with E-state index in [1.54, 1.807) is 13.8 Å². The summed E-state index contributed by atoms with van der Waals surface area (Å²) in [6, 6.07) is -2.67. The van der Waals surface area contributed by atoms with E-state index >= 15 is 0 Å². The lowest BCUT2D eigenvalue weighted by atomic mass is 10.0. The maximum absolute atomic E-state index is 12.6. The van der Waals surface area contributed by atoms with Crippen LogP contribution in [0.2, 0.25) is 0 Å². The van der Waals surface area contributed by atoms with Gasteiger partial charge in [0.1, 0.15) is 18.1 Å². The van der Waals surface area contributed by atoms with Crippen LogP contribution < -0.4 is 16.4 Å². The van der Waals surface area contributed by atoms with E-state index in [2.05, 4.69) is 23.3 Å². The predicted molar refractivity (Wildman–Crippen MR) is 94.0 cm³/mol. The Morgan fingerprint density at radius 1 is 1.28 bits per heavy atom. The average Bonchev–Trinajstić information content (AvgIpc) is 3.05. The van der Waals surface area contributed by atoms with Gasteiger partial charge in [-0.15, -0.1) is 0 Å². The number of carboxylic acid groups (broad SMARTS) is 1. The van der Waals surface area contributed by atoms with E-state index in [1.165, 1.54) is 4.90 Å². The van der Waals surface area contributed by atoms with Crippen molar-refractivity contribution in [1.82, 2.24) is 15.5 Å². The van der Waals surface area contributed by atoms with Gasteiger partial charge in [-0.25, -0.2) is 4.79 Å². The van der Waals surface area contributed by atoms with Crippen molar-refractivity contribution in [3.05, 3.63) is 0 Å². The fourth-order valence-electron chi connectivity index (χ4n) is 2.70. The van der Waals surface area contributed by atoms with Gasteiger partial charge in [0, 0.05) is 12.3 Å². The third-order valence-corrected chi connectivity index (χ3v) is 4.44. The van der Waals surface area contributed by atoms with Crippen LogP contribution in [0.4, 0.5) is 0 Å². The summed E-state index contributed by atoms with van der Waals surface area (Å²) < 4.78 is 0. The summed E-state index contributed by atoms with van der Waals surface area (Å²) in [6.07, 6.45) is 1.06. The number of carbonyl (C=O) groups is 4. The molecule has 0 bridgehead atoms. The molecule has 1 aliphatic heterocycles. The first-order valence-electron chi connectivity index (χ1n) is 8.16. The van der Waals surface area contributed by atoms with Crippen LogP contribution in [0.15, 0.2) is 0 Å². The number of likely N-dealkylation sites (tertiary alicyclic amines) is 1. The Morgan fingerprint density at radius 2 is 1.92 bits per heavy atom. The van der Waals surface area contributed by atoms with Crippen molar-refractivity contribution in [2.45, 2.75) is 44.8 Å². The standard InChI is InChI=1S/C15H26N4O5S/c1-8(2)12(15(23)24)18-13(21)10-4-3-5-19(10)14(22)9(7-25)17-11(20)6-16/h8-10,12,25H,3-7,16H2,1-2H3,(H,17,20)(H,18,21)(H,23,24). The molecule has 3 unspecified atom stereocenters. The Kier molecular flexibility index (Phi) is 8.17. The Labute approximate surface area is 152 Å². The fourth-order valence-corrected chi connectivity index (χ4v) is 2.95. The second-order valence-electron chi connectivity index (χ2n) is 6.26. The summed E-state index contributed by atoms with van der Waals surface area (Å²) in [5, 5.41) is 14.2. The van der Waals surface area contributed by atoms with Gasteiger partial charge in [0.05, 0.1) is 6.54 Å². The minimum absolute atomic E-state index is 0.0686. The number of nitrogens with two attached hydrogens (primary N) is 1. The van der Waals surface area contributed by atoms with Gasteiger partial charge >= 0.3 is 5.97 Å². The molecule has 3 atom stereocenters. The number of thiol groups is 1. The molecular weight excluding hydrogens is 348 g/mol. The molecule has 5 N–H and O–H groups in total. The number of nitrogens with one attached hydrogen (secondary N) is 2. The zero-order valence-corrected chi connectivity index (χ0v) is 15.3. The average molecular weight is 374 g/mol. The molecular formula is C15H26N4O5S. The fraction of sp³-hybridized carbons (Fsp3) is 0.733. The van der Waals surface area contributed by atoms with E-state index in [1.807, 2.05) is 0 Å². The number of carbonyl (C=O) groups excluding carboxylic acids is 3. The van der Waals surface area contributed by atoms with E-state index in [4.69, 9.17) is 5.73 Å². The predicted octanol–water partition coefficient (Wildman–Crippen LogP) is -1.42. The van der Waals surface area contributed by atoms with Crippen molar-refractivity contribution in [2.24, 2.45) is 11.7 Å². The molecule has 1 fully saturated rings. The molecule has 0 radical (unpaired) electrons. The van der Waals surface area contributed by atoms with Crippen LogP contribution in [0, 0.1) is 5.92 Å². The minimum atomic E-state index is -1.12. The van der Waals surface area contributed by atoms with Crippen LogP contribution in [-0.2, 0) is 19.2 Å². The highest BCUT2D eigenvalue weighted by molar-refractivity contribution is 7.80. The van der Waals surface area contributed by atoms with Crippen LogP contribution in [0.25, 0.3) is 0 Å². The summed E-state index contributed by atoms with van der Waals surface area (Å²) in [7, 11) is 0. The number of hydrogen-bond donors (Lipinski definition) is 5. The van der Waals surface area contributed by atoms with Gasteiger partial charge in [-0.3, -0.25) is 14.4 Å². The summed E-state index contributed by atoms with van der Waals surface area (Å²) in [6.45, 7) is 3.49. The van der Waals surface area contributed by atoms with Gasteiger partial charge in [0.15, 0.2) is 0 Å². The van der Waals surface area contributed by atoms with Crippen LogP contribution >= 0.6 is 12.6 Å². The third kappa shape index (κ3) is 5.60. The van der Waals surface area contributed by atoms with Gasteiger partial charge in [0.2, 0.25) is 17.7 Å². The Hall–Kier alpha value is -1.81. The molecule has 3 amide bonds. The molecule has 0 aliphatic carbocycles. The van der Waals surface area contributed by atoms with Crippen LogP contribution in [0.1, 0.15) is 26.7 Å². The largest absolute Gasteiger partial charge is 0.480 e. The number of amides is 3. The maximum Gasteiger partial charge on any atom is 0.326 e. The first-order chi connectivity index (χ1) is 11.7. The molecule has 1 rings (SSSR count). The molecule has 1 heterocycles. The number of nitrogens with zero attached hydrogens (tertiary/aromatic N) is 1. The van der Waals surface area contributed by atoms with Gasteiger partial charge in [0.25, 0.3) is 0 Å². The zero-order valence-electron chi connectivity index (χ0n) is 14.4. The van der Waals surface area contributed by atoms with E-state index in [9.17, 15) is 24.3 Å². The maximum atomic E-state index is 12.6. The summed E-state index contributed by atoms with van der Waals surface area (Å²) >= 11 is 4.07. The van der Waals surface area contributed by atoms with Gasteiger partial charge in [-0.2, -0.15) is 12.6 Å². The first-order valence-corrected chi connectivity index (χ1v) is 8.80. The smallest absolute Gasteiger partial charge is 0.326 e. The van der Waals surface area contributed by atoms with Crippen molar-refractivity contribution >= 4 is 36.3 Å². The highest BCUT2D eigenvalue weighted by atomic mass is 32.1. The molecule has 1 saturated heterocycles. The van der Waals surface area contributed by atoms with E-state index in [-0.39, 0.29) is 18.2 Å². The van der Waals surface area contributed by atoms with E-state index in [0.717, 1.165) is 0 Å². The molecule has 0 aromatic carbocycles. The molecule has 0 spiro atoms. The molecule has 0 saturated carbocycles. The molecule has 9 nitrogen and oxygen atoms in total. The quantitative estimate of drug-likeness (QED) is 0.330. The van der Waals surface area contributed by atoms with Gasteiger partial charge in [-0.05, 0) is 18.8 Å².